The first-order valence-electron chi connectivity index (χ1n) is 6.94. The molecule has 1 aliphatic carbocycles. The van der Waals surface area contributed by atoms with Crippen molar-refractivity contribution >= 4 is 7.26 Å². The molecule has 0 spiro atoms. The van der Waals surface area contributed by atoms with Crippen molar-refractivity contribution < 1.29 is 0 Å². The molecular formula is C16H28P+. The van der Waals surface area contributed by atoms with Gasteiger partial charge >= 0.3 is 0 Å². The molecule has 1 heteroatoms. The first kappa shape index (κ1) is 14.7. The van der Waals surface area contributed by atoms with E-state index in [1.807, 2.05) is 0 Å². The van der Waals surface area contributed by atoms with Gasteiger partial charge in [-0.25, -0.2) is 0 Å². The fourth-order valence-electron chi connectivity index (χ4n) is 2.54. The van der Waals surface area contributed by atoms with Gasteiger partial charge in [0, 0.05) is 13.2 Å². The van der Waals surface area contributed by atoms with Gasteiger partial charge in [-0.3, -0.25) is 0 Å². The van der Waals surface area contributed by atoms with E-state index in [4.69, 9.17) is 0 Å². The van der Waals surface area contributed by atoms with Gasteiger partial charge in [0.15, 0.2) is 0 Å². The molecular weight excluding hydrogens is 223 g/mol. The summed E-state index contributed by atoms with van der Waals surface area (Å²) in [6.45, 7) is 13.3. The molecule has 0 radical (unpaired) electrons. The van der Waals surface area contributed by atoms with Crippen LogP contribution in [0.2, 0.25) is 0 Å². The van der Waals surface area contributed by atoms with Gasteiger partial charge in [0.1, 0.15) is 0 Å². The topological polar surface area (TPSA) is 0 Å². The van der Waals surface area contributed by atoms with E-state index in [9.17, 15) is 0 Å². The smallest absolute Gasteiger partial charge is 0.0839 e. The molecule has 0 aromatic heterocycles. The van der Waals surface area contributed by atoms with E-state index in [0.29, 0.717) is 5.92 Å². The third kappa shape index (κ3) is 3.81. The van der Waals surface area contributed by atoms with Gasteiger partial charge in [-0.1, -0.05) is 30.4 Å². The van der Waals surface area contributed by atoms with Crippen molar-refractivity contribution in [3.05, 3.63) is 36.0 Å². The molecule has 1 atom stereocenters. The van der Waals surface area contributed by atoms with Crippen molar-refractivity contribution in [3.63, 3.8) is 0 Å². The quantitative estimate of drug-likeness (QED) is 0.453. The van der Waals surface area contributed by atoms with E-state index in [1.165, 1.54) is 30.2 Å². The molecule has 0 nitrogen and oxygen atoms in total. The molecule has 0 amide bonds. The third-order valence-electron chi connectivity index (χ3n) is 4.34. The molecule has 17 heavy (non-hydrogen) atoms. The van der Waals surface area contributed by atoms with E-state index < -0.39 is 7.26 Å². The van der Waals surface area contributed by atoms with Crippen LogP contribution in [0.4, 0.5) is 0 Å². The summed E-state index contributed by atoms with van der Waals surface area (Å²) >= 11 is 0. The van der Waals surface area contributed by atoms with Crippen LogP contribution in [0, 0.1) is 5.92 Å². The summed E-state index contributed by atoms with van der Waals surface area (Å²) in [5.41, 5.74) is 2.88. The predicted octanol–water partition coefficient (Wildman–Crippen LogP) is 5.14. The van der Waals surface area contributed by atoms with Gasteiger partial charge in [0.25, 0.3) is 0 Å². The van der Waals surface area contributed by atoms with Crippen LogP contribution in [0.3, 0.4) is 0 Å². The lowest BCUT2D eigenvalue weighted by molar-refractivity contribution is 0.764. The molecule has 0 aliphatic heterocycles. The first-order valence-corrected chi connectivity index (χ1v) is 9.47. The van der Waals surface area contributed by atoms with Crippen molar-refractivity contribution in [2.45, 2.75) is 34.1 Å². The van der Waals surface area contributed by atoms with Gasteiger partial charge in [-0.05, 0) is 39.7 Å². The Labute approximate surface area is 108 Å². The highest BCUT2D eigenvalue weighted by Crippen LogP contribution is 2.59. The third-order valence-corrected chi connectivity index (χ3v) is 9.40. The molecule has 0 saturated heterocycles. The highest BCUT2D eigenvalue weighted by atomic mass is 31.2. The van der Waals surface area contributed by atoms with Crippen LogP contribution < -0.4 is 0 Å². The maximum Gasteiger partial charge on any atom is 0.0839 e. The normalized spacial score (nSPS) is 20.2. The zero-order chi connectivity index (χ0) is 12.9. The average molecular weight is 251 g/mol. The zero-order valence-corrected chi connectivity index (χ0v) is 12.9. The molecule has 0 heterocycles. The van der Waals surface area contributed by atoms with E-state index in [2.05, 4.69) is 52.5 Å². The number of allylic oxidation sites excluding steroid dienone is 5. The van der Waals surface area contributed by atoms with Crippen molar-refractivity contribution in [2.75, 3.05) is 24.6 Å². The van der Waals surface area contributed by atoms with Crippen LogP contribution in [-0.2, 0) is 0 Å². The fourth-order valence-corrected chi connectivity index (χ4v) is 5.56. The standard InChI is InChI=1S/C16H28P/c1-6-17(7-2,8-3)13-15-9-11-16(12-10-15)14(4)5/h9-11,16H,4,6-8,12-13H2,1-3,5H3/q+1. The Morgan fingerprint density at radius 1 is 1.29 bits per heavy atom. The molecule has 0 aromatic rings. The highest BCUT2D eigenvalue weighted by Gasteiger charge is 2.31. The molecule has 1 rings (SSSR count). The maximum atomic E-state index is 4.05. The molecule has 96 valence electrons. The first-order chi connectivity index (χ1) is 8.06. The van der Waals surface area contributed by atoms with Crippen molar-refractivity contribution in [2.24, 2.45) is 5.92 Å². The Balaban J connectivity index is 2.66. The fraction of sp³-hybridized carbons (Fsp3) is 0.625. The molecule has 0 fully saturated rings. The van der Waals surface area contributed by atoms with Crippen LogP contribution in [0.1, 0.15) is 34.1 Å². The summed E-state index contributed by atoms with van der Waals surface area (Å²) in [5.74, 6) is 0.580. The van der Waals surface area contributed by atoms with E-state index in [0.717, 1.165) is 6.42 Å². The summed E-state index contributed by atoms with van der Waals surface area (Å²) in [4.78, 5) is 0. The van der Waals surface area contributed by atoms with Gasteiger partial charge in [0.05, 0.1) is 24.6 Å². The Hall–Kier alpha value is -0.350. The minimum atomic E-state index is -0.693. The number of rotatable bonds is 6. The Bertz CT molecular complexity index is 310. The molecule has 0 aromatic carbocycles. The minimum Gasteiger partial charge on any atom is -0.0995 e. The van der Waals surface area contributed by atoms with E-state index in [-0.39, 0.29) is 0 Å². The van der Waals surface area contributed by atoms with Crippen molar-refractivity contribution in [1.82, 2.24) is 0 Å². The second kappa shape index (κ2) is 6.55. The highest BCUT2D eigenvalue weighted by molar-refractivity contribution is 7.76. The van der Waals surface area contributed by atoms with E-state index in [1.54, 1.807) is 5.57 Å². The van der Waals surface area contributed by atoms with Crippen molar-refractivity contribution in [1.29, 1.82) is 0 Å². The Morgan fingerprint density at radius 3 is 2.24 bits per heavy atom. The average Bonchev–Trinajstić information content (AvgIpc) is 2.37. The van der Waals surface area contributed by atoms with Crippen LogP contribution in [0.25, 0.3) is 0 Å². The molecule has 0 bridgehead atoms. The number of hydrogen-bond acceptors (Lipinski definition) is 0. The Morgan fingerprint density at radius 2 is 1.88 bits per heavy atom. The SMILES string of the molecule is C=C(C)C1C=CC(C[P+](CC)(CC)CC)=CC1. The second-order valence-corrected chi connectivity index (χ2v) is 10.2. The maximum absolute atomic E-state index is 4.05. The van der Waals surface area contributed by atoms with Gasteiger partial charge in [-0.15, -0.1) is 0 Å². The summed E-state index contributed by atoms with van der Waals surface area (Å²) in [6, 6.07) is 0. The summed E-state index contributed by atoms with van der Waals surface area (Å²) in [6.07, 6.45) is 13.9. The predicted molar refractivity (Wildman–Crippen MR) is 83.6 cm³/mol. The summed E-state index contributed by atoms with van der Waals surface area (Å²) < 4.78 is 0. The van der Waals surface area contributed by atoms with Crippen LogP contribution in [-0.4, -0.2) is 24.6 Å². The lowest BCUT2D eigenvalue weighted by Gasteiger charge is -2.25. The van der Waals surface area contributed by atoms with Gasteiger partial charge in [0.2, 0.25) is 0 Å². The monoisotopic (exact) mass is 251 g/mol. The lowest BCUT2D eigenvalue weighted by Crippen LogP contribution is -2.10. The van der Waals surface area contributed by atoms with Crippen LogP contribution >= 0.6 is 7.26 Å². The van der Waals surface area contributed by atoms with Crippen molar-refractivity contribution in [3.8, 4) is 0 Å². The van der Waals surface area contributed by atoms with Gasteiger partial charge < -0.3 is 0 Å². The lowest BCUT2D eigenvalue weighted by atomic mass is 9.92. The zero-order valence-electron chi connectivity index (χ0n) is 12.0. The Kier molecular flexibility index (Phi) is 5.67. The summed E-state index contributed by atoms with van der Waals surface area (Å²) in [7, 11) is -0.693. The van der Waals surface area contributed by atoms with Crippen LogP contribution in [0.5, 0.6) is 0 Å². The molecule has 1 unspecified atom stereocenters. The van der Waals surface area contributed by atoms with Crippen LogP contribution in [0.15, 0.2) is 36.0 Å². The molecule has 0 saturated carbocycles. The van der Waals surface area contributed by atoms with E-state index >= 15 is 0 Å². The second-order valence-electron chi connectivity index (χ2n) is 5.28. The number of hydrogen-bond donors (Lipinski definition) is 0. The van der Waals surface area contributed by atoms with Gasteiger partial charge in [-0.2, -0.15) is 0 Å². The molecule has 0 N–H and O–H groups in total. The summed E-state index contributed by atoms with van der Waals surface area (Å²) in [5, 5.41) is 0. The molecule has 1 aliphatic rings. The largest absolute Gasteiger partial charge is 0.0995 e. The minimum absolute atomic E-state index is 0.580.